The minimum atomic E-state index is -0.527. The zero-order chi connectivity index (χ0) is 14.0. The van der Waals surface area contributed by atoms with Crippen LogP contribution in [-0.2, 0) is 18.8 Å². The van der Waals surface area contributed by atoms with Gasteiger partial charge in [0.15, 0.2) is 5.78 Å². The summed E-state index contributed by atoms with van der Waals surface area (Å²) in [7, 11) is 2.90. The second-order valence-corrected chi connectivity index (χ2v) is 4.90. The summed E-state index contributed by atoms with van der Waals surface area (Å²) in [4.78, 5) is 35.5. The van der Waals surface area contributed by atoms with Crippen molar-refractivity contribution in [1.29, 1.82) is 0 Å². The maximum Gasteiger partial charge on any atom is 0.330 e. The Kier molecular flexibility index (Phi) is 3.99. The number of carbonyl (C=O) groups excluding carboxylic acids is 1. The summed E-state index contributed by atoms with van der Waals surface area (Å²) >= 11 is 0. The van der Waals surface area contributed by atoms with E-state index in [1.54, 1.807) is 0 Å². The maximum absolute atomic E-state index is 12.1. The van der Waals surface area contributed by atoms with Crippen LogP contribution in [0.4, 0.5) is 0 Å². The van der Waals surface area contributed by atoms with Gasteiger partial charge >= 0.3 is 5.69 Å². The molecule has 1 aromatic heterocycles. The summed E-state index contributed by atoms with van der Waals surface area (Å²) in [5.41, 5.74) is -0.885. The van der Waals surface area contributed by atoms with Crippen LogP contribution in [0.2, 0.25) is 0 Å². The second-order valence-electron chi connectivity index (χ2n) is 4.90. The molecular weight excluding hydrogens is 248 g/mol. The van der Waals surface area contributed by atoms with Gasteiger partial charge in [-0.3, -0.25) is 14.2 Å². The summed E-state index contributed by atoms with van der Waals surface area (Å²) < 4.78 is 7.65. The van der Waals surface area contributed by atoms with Crippen molar-refractivity contribution in [3.63, 3.8) is 0 Å². The van der Waals surface area contributed by atoms with E-state index >= 15 is 0 Å². The van der Waals surface area contributed by atoms with Crippen LogP contribution in [0.3, 0.4) is 0 Å². The molecule has 1 aliphatic heterocycles. The van der Waals surface area contributed by atoms with Gasteiger partial charge in [0.25, 0.3) is 5.56 Å². The Bertz CT molecular complexity index is 594. The molecule has 1 aliphatic rings. The number of aromatic nitrogens is 2. The molecule has 0 aromatic carbocycles. The van der Waals surface area contributed by atoms with Crippen molar-refractivity contribution in [1.82, 2.24) is 9.13 Å². The Morgan fingerprint density at radius 1 is 1.42 bits per heavy atom. The molecule has 0 radical (unpaired) electrons. The first kappa shape index (κ1) is 13.7. The highest BCUT2D eigenvalue weighted by molar-refractivity contribution is 5.95. The van der Waals surface area contributed by atoms with E-state index in [1.165, 1.54) is 24.9 Å². The zero-order valence-corrected chi connectivity index (χ0v) is 11.2. The van der Waals surface area contributed by atoms with Crippen LogP contribution in [0.25, 0.3) is 0 Å². The molecule has 0 amide bonds. The van der Waals surface area contributed by atoms with E-state index in [-0.39, 0.29) is 23.9 Å². The van der Waals surface area contributed by atoms with Gasteiger partial charge in [0.2, 0.25) is 0 Å². The fourth-order valence-corrected chi connectivity index (χ4v) is 2.30. The first-order chi connectivity index (χ1) is 9.00. The SMILES string of the molecule is Cn1cc(C(=O)CCC2CCCO2)c(=O)n(C)c1=O. The van der Waals surface area contributed by atoms with Crippen LogP contribution in [0, 0.1) is 0 Å². The van der Waals surface area contributed by atoms with Gasteiger partial charge in [-0.1, -0.05) is 0 Å². The highest BCUT2D eigenvalue weighted by atomic mass is 16.5. The van der Waals surface area contributed by atoms with Gasteiger partial charge in [0.1, 0.15) is 0 Å². The summed E-state index contributed by atoms with van der Waals surface area (Å²) in [6.07, 6.45) is 4.35. The summed E-state index contributed by atoms with van der Waals surface area (Å²) in [5.74, 6) is -0.230. The molecule has 6 nitrogen and oxygen atoms in total. The Labute approximate surface area is 110 Å². The molecular formula is C13H18N2O4. The number of Topliss-reactive ketones (excluding diaryl/α,β-unsaturated/α-hetero) is 1. The van der Waals surface area contributed by atoms with Crippen LogP contribution < -0.4 is 11.2 Å². The fourth-order valence-electron chi connectivity index (χ4n) is 2.30. The van der Waals surface area contributed by atoms with Crippen molar-refractivity contribution < 1.29 is 9.53 Å². The average molecular weight is 266 g/mol. The predicted molar refractivity (Wildman–Crippen MR) is 69.5 cm³/mol. The monoisotopic (exact) mass is 266 g/mol. The molecule has 0 bridgehead atoms. The van der Waals surface area contributed by atoms with E-state index < -0.39 is 11.2 Å². The third-order valence-electron chi connectivity index (χ3n) is 3.46. The van der Waals surface area contributed by atoms with E-state index in [4.69, 9.17) is 4.74 Å². The standard InChI is InChI=1S/C13H18N2O4/c1-14-8-10(12(17)15(2)13(14)18)11(16)6-5-9-4-3-7-19-9/h8-9H,3-7H2,1-2H3. The summed E-state index contributed by atoms with van der Waals surface area (Å²) in [6.45, 7) is 0.750. The topological polar surface area (TPSA) is 70.3 Å². The normalized spacial score (nSPS) is 18.7. The fraction of sp³-hybridized carbons (Fsp3) is 0.615. The molecule has 19 heavy (non-hydrogen) atoms. The van der Waals surface area contributed by atoms with Crippen molar-refractivity contribution in [3.05, 3.63) is 32.6 Å². The molecule has 2 rings (SSSR count). The van der Waals surface area contributed by atoms with Crippen molar-refractivity contribution in [2.75, 3.05) is 6.61 Å². The predicted octanol–water partition coefficient (Wildman–Crippen LogP) is 0.226. The highest BCUT2D eigenvalue weighted by Gasteiger charge is 2.19. The Balaban J connectivity index is 2.15. The Morgan fingerprint density at radius 2 is 2.16 bits per heavy atom. The Morgan fingerprint density at radius 3 is 2.79 bits per heavy atom. The maximum atomic E-state index is 12.1. The molecule has 1 aromatic rings. The molecule has 2 heterocycles. The average Bonchev–Trinajstić information content (AvgIpc) is 2.91. The molecule has 1 atom stereocenters. The number of hydrogen-bond donors (Lipinski definition) is 0. The van der Waals surface area contributed by atoms with Crippen LogP contribution in [0.5, 0.6) is 0 Å². The molecule has 1 fully saturated rings. The van der Waals surface area contributed by atoms with Gasteiger partial charge in [0, 0.05) is 33.3 Å². The van der Waals surface area contributed by atoms with Gasteiger partial charge in [-0.05, 0) is 19.3 Å². The van der Waals surface area contributed by atoms with E-state index in [2.05, 4.69) is 0 Å². The van der Waals surface area contributed by atoms with E-state index in [0.29, 0.717) is 6.42 Å². The molecule has 0 aliphatic carbocycles. The Hall–Kier alpha value is -1.69. The number of hydrogen-bond acceptors (Lipinski definition) is 4. The third-order valence-corrected chi connectivity index (χ3v) is 3.46. The number of ether oxygens (including phenoxy) is 1. The number of nitrogens with zero attached hydrogens (tertiary/aromatic N) is 2. The number of aryl methyl sites for hydroxylation is 1. The first-order valence-corrected chi connectivity index (χ1v) is 6.42. The number of carbonyl (C=O) groups is 1. The zero-order valence-electron chi connectivity index (χ0n) is 11.2. The third kappa shape index (κ3) is 2.84. The van der Waals surface area contributed by atoms with Crippen LogP contribution >= 0.6 is 0 Å². The molecule has 1 saturated heterocycles. The van der Waals surface area contributed by atoms with Gasteiger partial charge in [-0.15, -0.1) is 0 Å². The minimum absolute atomic E-state index is 0.0718. The second kappa shape index (κ2) is 5.52. The van der Waals surface area contributed by atoms with Crippen molar-refractivity contribution in [2.24, 2.45) is 14.1 Å². The van der Waals surface area contributed by atoms with Gasteiger partial charge in [-0.25, -0.2) is 4.79 Å². The molecule has 0 N–H and O–H groups in total. The van der Waals surface area contributed by atoms with E-state index in [0.717, 1.165) is 24.0 Å². The minimum Gasteiger partial charge on any atom is -0.378 e. The van der Waals surface area contributed by atoms with Crippen LogP contribution in [0.15, 0.2) is 15.8 Å². The van der Waals surface area contributed by atoms with Gasteiger partial charge < -0.3 is 9.30 Å². The van der Waals surface area contributed by atoms with E-state index in [9.17, 15) is 14.4 Å². The summed E-state index contributed by atoms with van der Waals surface area (Å²) in [5, 5.41) is 0. The lowest BCUT2D eigenvalue weighted by atomic mass is 10.1. The van der Waals surface area contributed by atoms with Crippen molar-refractivity contribution in [3.8, 4) is 0 Å². The molecule has 104 valence electrons. The number of ketones is 1. The highest BCUT2D eigenvalue weighted by Crippen LogP contribution is 2.17. The van der Waals surface area contributed by atoms with Crippen LogP contribution in [-0.4, -0.2) is 27.6 Å². The smallest absolute Gasteiger partial charge is 0.330 e. The summed E-state index contributed by atoms with van der Waals surface area (Å²) in [6, 6.07) is 0. The van der Waals surface area contributed by atoms with Crippen LogP contribution in [0.1, 0.15) is 36.0 Å². The lowest BCUT2D eigenvalue weighted by molar-refractivity contribution is 0.0857. The lowest BCUT2D eigenvalue weighted by Gasteiger charge is -2.09. The number of rotatable bonds is 4. The molecule has 1 unspecified atom stereocenters. The largest absolute Gasteiger partial charge is 0.378 e. The lowest BCUT2D eigenvalue weighted by Crippen LogP contribution is -2.39. The first-order valence-electron chi connectivity index (χ1n) is 6.42. The quantitative estimate of drug-likeness (QED) is 0.731. The molecule has 0 spiro atoms. The van der Waals surface area contributed by atoms with Crippen molar-refractivity contribution in [2.45, 2.75) is 31.8 Å². The molecule has 0 saturated carbocycles. The molecule has 6 heteroatoms. The van der Waals surface area contributed by atoms with Gasteiger partial charge in [0.05, 0.1) is 11.7 Å². The van der Waals surface area contributed by atoms with E-state index in [1.807, 2.05) is 0 Å². The van der Waals surface area contributed by atoms with Gasteiger partial charge in [-0.2, -0.15) is 0 Å². The van der Waals surface area contributed by atoms with Crippen molar-refractivity contribution >= 4 is 5.78 Å².